The van der Waals surface area contributed by atoms with Crippen molar-refractivity contribution in [3.8, 4) is 0 Å². The highest BCUT2D eigenvalue weighted by Gasteiger charge is 2.12. The zero-order valence-corrected chi connectivity index (χ0v) is 11.4. The fourth-order valence-electron chi connectivity index (χ4n) is 1.75. The Bertz CT molecular complexity index is 706. The summed E-state index contributed by atoms with van der Waals surface area (Å²) in [5.41, 5.74) is 1.01. The van der Waals surface area contributed by atoms with Gasteiger partial charge in [0.05, 0.1) is 9.85 Å². The Morgan fingerprint density at radius 2 is 1.81 bits per heavy atom. The van der Waals surface area contributed by atoms with Crippen LogP contribution in [0.5, 0.6) is 0 Å². The Kier molecular flexibility index (Phi) is 4.34. The van der Waals surface area contributed by atoms with Crippen molar-refractivity contribution in [3.05, 3.63) is 73.3 Å². The Morgan fingerprint density at radius 1 is 1.05 bits per heavy atom. The number of nitrogens with zero attached hydrogens (tertiary/aromatic N) is 2. The maximum Gasteiger partial charge on any atom is 0.289 e. The molecule has 2 aromatic carbocycles. The van der Waals surface area contributed by atoms with Gasteiger partial charge in [-0.15, -0.1) is 0 Å². The minimum absolute atomic E-state index is 0.00335. The highest BCUT2D eigenvalue weighted by atomic mass is 35.5. The molecular formula is C13H10ClN3O4. The molecule has 0 saturated heterocycles. The number of hydrogen-bond acceptors (Lipinski definition) is 5. The molecule has 21 heavy (non-hydrogen) atoms. The topological polar surface area (TPSA) is 98.3 Å². The molecule has 7 nitrogen and oxygen atoms in total. The molecule has 1 N–H and O–H groups in total. The number of halogens is 1. The van der Waals surface area contributed by atoms with Gasteiger partial charge in [0.25, 0.3) is 11.4 Å². The normalized spacial score (nSPS) is 10.1. The molecule has 2 aromatic rings. The predicted molar refractivity (Wildman–Crippen MR) is 78.5 cm³/mol. The molecule has 0 bridgehead atoms. The molecule has 8 heteroatoms. The van der Waals surface area contributed by atoms with E-state index in [1.54, 1.807) is 18.2 Å². The zero-order chi connectivity index (χ0) is 15.4. The van der Waals surface area contributed by atoms with Crippen LogP contribution in [0.15, 0.2) is 42.5 Å². The molecule has 0 spiro atoms. The van der Waals surface area contributed by atoms with Crippen LogP contribution >= 0.6 is 11.6 Å². The van der Waals surface area contributed by atoms with Gasteiger partial charge in [-0.05, 0) is 17.7 Å². The highest BCUT2D eigenvalue weighted by molar-refractivity contribution is 6.32. The largest absolute Gasteiger partial charge is 0.381 e. The van der Waals surface area contributed by atoms with Gasteiger partial charge in [-0.1, -0.05) is 23.7 Å². The van der Waals surface area contributed by atoms with Crippen molar-refractivity contribution in [2.45, 2.75) is 6.54 Å². The van der Waals surface area contributed by atoms with Crippen molar-refractivity contribution < 1.29 is 9.85 Å². The first-order chi connectivity index (χ1) is 9.97. The lowest BCUT2D eigenvalue weighted by molar-refractivity contribution is -0.385. The van der Waals surface area contributed by atoms with Crippen LogP contribution in [0.2, 0.25) is 5.02 Å². The van der Waals surface area contributed by atoms with Gasteiger partial charge in [-0.2, -0.15) is 0 Å². The lowest BCUT2D eigenvalue weighted by atomic mass is 10.2. The van der Waals surface area contributed by atoms with Gasteiger partial charge in [0.2, 0.25) is 0 Å². The first-order valence-corrected chi connectivity index (χ1v) is 6.26. The fourth-order valence-corrected chi connectivity index (χ4v) is 1.93. The predicted octanol–water partition coefficient (Wildman–Crippen LogP) is 3.77. The number of hydrogen-bond donors (Lipinski definition) is 1. The molecule has 0 aliphatic rings. The number of anilines is 1. The molecule has 0 atom stereocenters. The molecule has 0 aliphatic carbocycles. The quantitative estimate of drug-likeness (QED) is 0.669. The van der Waals surface area contributed by atoms with Crippen LogP contribution in [0.3, 0.4) is 0 Å². The molecule has 0 amide bonds. The molecule has 0 aromatic heterocycles. The summed E-state index contributed by atoms with van der Waals surface area (Å²) in [6, 6.07) is 10.5. The van der Waals surface area contributed by atoms with Crippen molar-refractivity contribution >= 4 is 28.7 Å². The van der Waals surface area contributed by atoms with Crippen molar-refractivity contribution in [1.29, 1.82) is 0 Å². The summed E-state index contributed by atoms with van der Waals surface area (Å²) < 4.78 is 0. The van der Waals surface area contributed by atoms with Gasteiger partial charge in [0, 0.05) is 30.4 Å². The molecule has 2 rings (SSSR count). The molecule has 0 saturated carbocycles. The second-order valence-electron chi connectivity index (χ2n) is 4.20. The van der Waals surface area contributed by atoms with E-state index < -0.39 is 9.85 Å². The Labute approximate surface area is 124 Å². The smallest absolute Gasteiger partial charge is 0.289 e. The van der Waals surface area contributed by atoms with Crippen LogP contribution in [0.4, 0.5) is 17.1 Å². The number of benzene rings is 2. The molecule has 0 radical (unpaired) electrons. The molecule has 0 unspecified atom stereocenters. The maximum absolute atomic E-state index is 10.8. The van der Waals surface area contributed by atoms with Gasteiger partial charge in [-0.3, -0.25) is 20.2 Å². The summed E-state index contributed by atoms with van der Waals surface area (Å²) in [5.74, 6) is 0. The fraction of sp³-hybridized carbons (Fsp3) is 0.0769. The lowest BCUT2D eigenvalue weighted by Gasteiger charge is -2.07. The van der Waals surface area contributed by atoms with Crippen LogP contribution in [0, 0.1) is 20.2 Å². The number of non-ortho nitro benzene ring substituents is 1. The summed E-state index contributed by atoms with van der Waals surface area (Å²) in [6.07, 6.45) is 0. The lowest BCUT2D eigenvalue weighted by Crippen LogP contribution is -2.01. The van der Waals surface area contributed by atoms with Crippen molar-refractivity contribution in [2.24, 2.45) is 0 Å². The monoisotopic (exact) mass is 307 g/mol. The van der Waals surface area contributed by atoms with Gasteiger partial charge < -0.3 is 5.32 Å². The van der Waals surface area contributed by atoms with E-state index in [4.69, 9.17) is 11.6 Å². The number of nitro benzene ring substituents is 2. The van der Waals surface area contributed by atoms with E-state index in [2.05, 4.69) is 5.32 Å². The van der Waals surface area contributed by atoms with Gasteiger partial charge in [0.1, 0.15) is 5.02 Å². The molecule has 0 aliphatic heterocycles. The average molecular weight is 308 g/mol. The van der Waals surface area contributed by atoms with E-state index in [1.807, 2.05) is 0 Å². The maximum atomic E-state index is 10.8. The van der Waals surface area contributed by atoms with Gasteiger partial charge in [-0.25, -0.2) is 0 Å². The van der Waals surface area contributed by atoms with E-state index in [0.29, 0.717) is 17.8 Å². The van der Waals surface area contributed by atoms with Crippen LogP contribution in [-0.4, -0.2) is 9.85 Å². The van der Waals surface area contributed by atoms with Crippen molar-refractivity contribution in [3.63, 3.8) is 0 Å². The average Bonchev–Trinajstić information content (AvgIpc) is 2.46. The second kappa shape index (κ2) is 6.19. The number of rotatable bonds is 5. The van der Waals surface area contributed by atoms with Gasteiger partial charge >= 0.3 is 0 Å². The van der Waals surface area contributed by atoms with E-state index >= 15 is 0 Å². The number of nitrogens with one attached hydrogen (secondary N) is 1. The molecule has 0 heterocycles. The summed E-state index contributed by atoms with van der Waals surface area (Å²) in [5, 5.41) is 24.5. The Hall–Kier alpha value is -2.67. The third kappa shape index (κ3) is 3.67. The van der Waals surface area contributed by atoms with Crippen LogP contribution < -0.4 is 5.32 Å². The summed E-state index contributed by atoms with van der Waals surface area (Å²) >= 11 is 5.72. The standard InChI is InChI=1S/C13H10ClN3O4/c14-12-5-4-10(7-13(12)17(20)21)15-8-9-2-1-3-11(6-9)16(18)19/h1-7,15H,8H2. The summed E-state index contributed by atoms with van der Waals surface area (Å²) in [4.78, 5) is 20.4. The van der Waals surface area contributed by atoms with Crippen molar-refractivity contribution in [1.82, 2.24) is 0 Å². The minimum Gasteiger partial charge on any atom is -0.381 e. The van der Waals surface area contributed by atoms with Crippen LogP contribution in [0.1, 0.15) is 5.56 Å². The molecular weight excluding hydrogens is 298 g/mol. The first kappa shape index (κ1) is 14.7. The number of nitro groups is 2. The van der Waals surface area contributed by atoms with Crippen LogP contribution in [-0.2, 0) is 6.54 Å². The summed E-state index contributed by atoms with van der Waals surface area (Å²) in [6.45, 7) is 0.306. The minimum atomic E-state index is -0.569. The second-order valence-corrected chi connectivity index (χ2v) is 4.61. The van der Waals surface area contributed by atoms with Gasteiger partial charge in [0.15, 0.2) is 0 Å². The Morgan fingerprint density at radius 3 is 2.48 bits per heavy atom. The molecule has 0 fully saturated rings. The summed E-state index contributed by atoms with van der Waals surface area (Å²) in [7, 11) is 0. The zero-order valence-electron chi connectivity index (χ0n) is 10.7. The van der Waals surface area contributed by atoms with E-state index in [-0.39, 0.29) is 16.4 Å². The van der Waals surface area contributed by atoms with E-state index in [9.17, 15) is 20.2 Å². The Balaban J connectivity index is 2.13. The van der Waals surface area contributed by atoms with E-state index in [0.717, 1.165) is 0 Å². The van der Waals surface area contributed by atoms with Crippen LogP contribution in [0.25, 0.3) is 0 Å². The third-order valence-corrected chi connectivity index (χ3v) is 3.08. The molecule has 108 valence electrons. The first-order valence-electron chi connectivity index (χ1n) is 5.88. The van der Waals surface area contributed by atoms with E-state index in [1.165, 1.54) is 24.3 Å². The SMILES string of the molecule is O=[N+]([O-])c1cccc(CNc2ccc(Cl)c([N+](=O)[O-])c2)c1. The highest BCUT2D eigenvalue weighted by Crippen LogP contribution is 2.27. The van der Waals surface area contributed by atoms with Crippen molar-refractivity contribution in [2.75, 3.05) is 5.32 Å². The third-order valence-electron chi connectivity index (χ3n) is 2.76.